The summed E-state index contributed by atoms with van der Waals surface area (Å²) in [6, 6.07) is 22.7. The first-order valence-electron chi connectivity index (χ1n) is 10.2. The molecule has 0 radical (unpaired) electrons. The van der Waals surface area contributed by atoms with Crippen LogP contribution in [0.3, 0.4) is 0 Å². The lowest BCUT2D eigenvalue weighted by Crippen LogP contribution is -2.48. The molecule has 1 aliphatic heterocycles. The van der Waals surface area contributed by atoms with E-state index in [2.05, 4.69) is 46.4 Å². The number of hydrogen-bond acceptors (Lipinski definition) is 3. The third-order valence-corrected chi connectivity index (χ3v) is 5.75. The second-order valence-corrected chi connectivity index (χ2v) is 7.68. The maximum Gasteiger partial charge on any atom is 0.227 e. The first-order valence-corrected chi connectivity index (χ1v) is 10.2. The van der Waals surface area contributed by atoms with Gasteiger partial charge in [0.05, 0.1) is 17.6 Å². The van der Waals surface area contributed by atoms with Crippen molar-refractivity contribution in [3.63, 3.8) is 0 Å². The highest BCUT2D eigenvalue weighted by Crippen LogP contribution is 2.20. The third-order valence-electron chi connectivity index (χ3n) is 5.75. The number of piperazine rings is 1. The van der Waals surface area contributed by atoms with Crippen LogP contribution in [-0.2, 0) is 17.8 Å². The fraction of sp³-hybridized carbons (Fsp3) is 0.250. The molecule has 5 heteroatoms. The van der Waals surface area contributed by atoms with E-state index in [9.17, 15) is 4.79 Å². The van der Waals surface area contributed by atoms with Crippen molar-refractivity contribution in [1.82, 2.24) is 19.4 Å². The average Bonchev–Trinajstić information content (AvgIpc) is 3.17. The molecular formula is C24H24N4O. The highest BCUT2D eigenvalue weighted by Gasteiger charge is 2.22. The standard InChI is InChI=1S/C24H24N4O/c29-24(16-20-8-5-7-19-6-1-2-10-23(19)20)27-14-12-26(13-15-27)18-21-17-22-9-3-4-11-28(22)25-21/h1-11,17H,12-16,18H2. The molecule has 0 N–H and O–H groups in total. The fourth-order valence-electron chi connectivity index (χ4n) is 4.17. The smallest absolute Gasteiger partial charge is 0.227 e. The number of pyridine rings is 1. The maximum absolute atomic E-state index is 12.9. The molecule has 1 amide bonds. The van der Waals surface area contributed by atoms with Crippen molar-refractivity contribution in [2.75, 3.05) is 26.2 Å². The SMILES string of the molecule is O=C(Cc1cccc2ccccc12)N1CCN(Cc2cc3ccccn3n2)CC1. The lowest BCUT2D eigenvalue weighted by atomic mass is 10.0. The van der Waals surface area contributed by atoms with Crippen LogP contribution in [0.1, 0.15) is 11.3 Å². The van der Waals surface area contributed by atoms with Crippen molar-refractivity contribution < 1.29 is 4.79 Å². The average molecular weight is 384 g/mol. The number of carbonyl (C=O) groups excluding carboxylic acids is 1. The Morgan fingerprint density at radius 3 is 2.55 bits per heavy atom. The van der Waals surface area contributed by atoms with Gasteiger partial charge in [-0.3, -0.25) is 9.69 Å². The Labute approximate surface area is 170 Å². The number of rotatable bonds is 4. The molecule has 1 aliphatic rings. The molecular weight excluding hydrogens is 360 g/mol. The molecule has 5 rings (SSSR count). The minimum Gasteiger partial charge on any atom is -0.340 e. The van der Waals surface area contributed by atoms with E-state index in [1.165, 1.54) is 10.8 Å². The minimum atomic E-state index is 0.216. The molecule has 0 bridgehead atoms. The molecule has 0 spiro atoms. The van der Waals surface area contributed by atoms with Crippen LogP contribution in [0.2, 0.25) is 0 Å². The van der Waals surface area contributed by atoms with E-state index in [0.29, 0.717) is 6.42 Å². The maximum atomic E-state index is 12.9. The van der Waals surface area contributed by atoms with Gasteiger partial charge in [0.25, 0.3) is 0 Å². The van der Waals surface area contributed by atoms with E-state index in [-0.39, 0.29) is 5.91 Å². The Morgan fingerprint density at radius 1 is 0.897 bits per heavy atom. The Balaban J connectivity index is 1.20. The highest BCUT2D eigenvalue weighted by atomic mass is 16.2. The van der Waals surface area contributed by atoms with Gasteiger partial charge in [-0.25, -0.2) is 4.52 Å². The molecule has 0 unspecified atom stereocenters. The van der Waals surface area contributed by atoms with E-state index in [0.717, 1.165) is 49.5 Å². The van der Waals surface area contributed by atoms with Crippen LogP contribution in [0.4, 0.5) is 0 Å². The highest BCUT2D eigenvalue weighted by molar-refractivity contribution is 5.90. The van der Waals surface area contributed by atoms with Gasteiger partial charge in [-0.2, -0.15) is 5.10 Å². The molecule has 3 heterocycles. The van der Waals surface area contributed by atoms with Gasteiger partial charge in [0.15, 0.2) is 0 Å². The molecule has 29 heavy (non-hydrogen) atoms. The first-order chi connectivity index (χ1) is 14.3. The lowest BCUT2D eigenvalue weighted by Gasteiger charge is -2.34. The molecule has 0 saturated carbocycles. The Bertz CT molecular complexity index is 1120. The molecule has 5 nitrogen and oxygen atoms in total. The summed E-state index contributed by atoms with van der Waals surface area (Å²) >= 11 is 0. The van der Waals surface area contributed by atoms with Gasteiger partial charge in [-0.1, -0.05) is 48.5 Å². The molecule has 146 valence electrons. The van der Waals surface area contributed by atoms with Crippen LogP contribution in [-0.4, -0.2) is 51.5 Å². The summed E-state index contributed by atoms with van der Waals surface area (Å²) in [4.78, 5) is 17.3. The largest absolute Gasteiger partial charge is 0.340 e. The summed E-state index contributed by atoms with van der Waals surface area (Å²) in [7, 11) is 0. The fourth-order valence-corrected chi connectivity index (χ4v) is 4.17. The van der Waals surface area contributed by atoms with E-state index in [4.69, 9.17) is 0 Å². The predicted octanol–water partition coefficient (Wildman–Crippen LogP) is 3.37. The van der Waals surface area contributed by atoms with E-state index < -0.39 is 0 Å². The van der Waals surface area contributed by atoms with E-state index >= 15 is 0 Å². The van der Waals surface area contributed by atoms with Crippen molar-refractivity contribution in [2.24, 2.45) is 0 Å². The summed E-state index contributed by atoms with van der Waals surface area (Å²) < 4.78 is 1.92. The number of fused-ring (bicyclic) bond motifs is 2. The van der Waals surface area contributed by atoms with Gasteiger partial charge in [0.2, 0.25) is 5.91 Å². The summed E-state index contributed by atoms with van der Waals surface area (Å²) in [6.45, 7) is 4.14. The normalized spacial score (nSPS) is 15.2. The van der Waals surface area contributed by atoms with Crippen molar-refractivity contribution >= 4 is 22.2 Å². The molecule has 1 saturated heterocycles. The van der Waals surface area contributed by atoms with E-state index in [1.54, 1.807) is 0 Å². The lowest BCUT2D eigenvalue weighted by molar-refractivity contribution is -0.132. The van der Waals surface area contributed by atoms with E-state index in [1.807, 2.05) is 45.9 Å². The Morgan fingerprint density at radius 2 is 1.69 bits per heavy atom. The van der Waals surface area contributed by atoms with Crippen LogP contribution in [0.25, 0.3) is 16.3 Å². The van der Waals surface area contributed by atoms with Crippen molar-refractivity contribution in [1.29, 1.82) is 0 Å². The van der Waals surface area contributed by atoms with Crippen molar-refractivity contribution in [2.45, 2.75) is 13.0 Å². The molecule has 4 aromatic rings. The van der Waals surface area contributed by atoms with Gasteiger partial charge >= 0.3 is 0 Å². The Hall–Kier alpha value is -3.18. The Kier molecular flexibility index (Phi) is 4.74. The predicted molar refractivity (Wildman–Crippen MR) is 115 cm³/mol. The van der Waals surface area contributed by atoms with Gasteiger partial charge in [0, 0.05) is 38.9 Å². The van der Waals surface area contributed by atoms with Crippen LogP contribution in [0.5, 0.6) is 0 Å². The van der Waals surface area contributed by atoms with Crippen molar-refractivity contribution in [3.05, 3.63) is 84.2 Å². The number of nitrogens with zero attached hydrogens (tertiary/aromatic N) is 4. The summed E-state index contributed by atoms with van der Waals surface area (Å²) in [6.07, 6.45) is 2.44. The zero-order valence-corrected chi connectivity index (χ0v) is 16.4. The zero-order valence-electron chi connectivity index (χ0n) is 16.4. The summed E-state index contributed by atoms with van der Waals surface area (Å²) in [5.74, 6) is 0.216. The van der Waals surface area contributed by atoms with Crippen LogP contribution >= 0.6 is 0 Å². The number of carbonyl (C=O) groups is 1. The number of aromatic nitrogens is 2. The summed E-state index contributed by atoms with van der Waals surface area (Å²) in [5, 5.41) is 7.00. The monoisotopic (exact) mass is 384 g/mol. The van der Waals surface area contributed by atoms with Gasteiger partial charge in [0.1, 0.15) is 0 Å². The van der Waals surface area contributed by atoms with Crippen LogP contribution in [0.15, 0.2) is 72.9 Å². The molecule has 1 fully saturated rings. The number of hydrogen-bond donors (Lipinski definition) is 0. The summed E-state index contributed by atoms with van der Waals surface area (Å²) in [5.41, 5.74) is 3.30. The van der Waals surface area contributed by atoms with Gasteiger partial charge < -0.3 is 4.90 Å². The topological polar surface area (TPSA) is 40.9 Å². The second-order valence-electron chi connectivity index (χ2n) is 7.68. The second kappa shape index (κ2) is 7.68. The van der Waals surface area contributed by atoms with Crippen molar-refractivity contribution in [3.8, 4) is 0 Å². The third kappa shape index (κ3) is 3.74. The molecule has 0 aliphatic carbocycles. The van der Waals surface area contributed by atoms with Gasteiger partial charge in [-0.05, 0) is 34.5 Å². The molecule has 2 aromatic heterocycles. The molecule has 2 aromatic carbocycles. The van der Waals surface area contributed by atoms with Gasteiger partial charge in [-0.15, -0.1) is 0 Å². The van der Waals surface area contributed by atoms with Crippen LogP contribution < -0.4 is 0 Å². The molecule has 0 atom stereocenters. The minimum absolute atomic E-state index is 0.216. The first kappa shape index (κ1) is 17.9. The quantitative estimate of drug-likeness (QED) is 0.542. The van der Waals surface area contributed by atoms with Crippen LogP contribution in [0, 0.1) is 0 Å². The number of benzene rings is 2. The number of amides is 1. The zero-order chi connectivity index (χ0) is 19.6.